The number of nitrogens with one attached hydrogen (secondary N) is 3. The van der Waals surface area contributed by atoms with E-state index in [-0.39, 0.29) is 5.91 Å². The van der Waals surface area contributed by atoms with Crippen LogP contribution in [-0.2, 0) is 4.79 Å². The summed E-state index contributed by atoms with van der Waals surface area (Å²) in [6, 6.07) is 7.37. The molecule has 4 aliphatic rings. The normalized spacial score (nSPS) is 23.9. The Balaban J connectivity index is 1.27. The number of guanidine groups is 1. The first-order valence-corrected chi connectivity index (χ1v) is 12.8. The molecule has 1 aliphatic carbocycles. The molecule has 1 saturated carbocycles. The average Bonchev–Trinajstić information content (AvgIpc) is 3.26. The fourth-order valence-electron chi connectivity index (χ4n) is 5.21. The predicted octanol–water partition coefficient (Wildman–Crippen LogP) is 3.29. The quantitative estimate of drug-likeness (QED) is 0.552. The van der Waals surface area contributed by atoms with E-state index in [4.69, 9.17) is 19.5 Å². The standard InChI is InChI=1S/C26H32N8O3/c1-26(24(35)27-17-9-10-20(36-2)21(14-17)37-3)11-5-12-33(26)25-29-23(19-6-4-13-34(19)32-25)28-22-15-18(30-31-22)16-7-8-16/h6,9-10,14-16H,4-5,7-8,11-13H2,1-3H3,(H,27,35)(H2,28,29,30,31,32)/t26-/m0/s1. The zero-order valence-corrected chi connectivity index (χ0v) is 21.4. The van der Waals surface area contributed by atoms with Crippen LogP contribution in [0.3, 0.4) is 0 Å². The number of aromatic amines is 1. The third kappa shape index (κ3) is 4.28. The van der Waals surface area contributed by atoms with E-state index in [1.807, 2.05) is 24.0 Å². The van der Waals surface area contributed by atoms with Gasteiger partial charge in [0, 0.05) is 42.5 Å². The molecule has 1 atom stereocenters. The number of methoxy groups -OCH3 is 2. The van der Waals surface area contributed by atoms with Crippen LogP contribution in [0.25, 0.3) is 0 Å². The van der Waals surface area contributed by atoms with E-state index in [1.54, 1.807) is 26.4 Å². The number of ether oxygens (including phenoxy) is 2. The minimum atomic E-state index is -0.795. The van der Waals surface area contributed by atoms with Crippen LogP contribution in [0.5, 0.6) is 11.5 Å². The Kier molecular flexibility index (Phi) is 5.77. The highest BCUT2D eigenvalue weighted by molar-refractivity contribution is 6.10. The Hall–Kier alpha value is -4.02. The van der Waals surface area contributed by atoms with E-state index in [0.29, 0.717) is 53.7 Å². The number of rotatable bonds is 6. The number of carbonyl (C=O) groups is 1. The van der Waals surface area contributed by atoms with Gasteiger partial charge in [0.15, 0.2) is 23.2 Å². The van der Waals surface area contributed by atoms with Crippen LogP contribution in [-0.4, -0.2) is 70.7 Å². The molecule has 1 aromatic carbocycles. The van der Waals surface area contributed by atoms with E-state index >= 15 is 0 Å². The summed E-state index contributed by atoms with van der Waals surface area (Å²) in [6.45, 7) is 3.47. The summed E-state index contributed by atoms with van der Waals surface area (Å²) in [5, 5.41) is 12.6. The summed E-state index contributed by atoms with van der Waals surface area (Å²) in [5.74, 6) is 3.49. The third-order valence-electron chi connectivity index (χ3n) is 7.51. The first-order valence-electron chi connectivity index (χ1n) is 12.8. The summed E-state index contributed by atoms with van der Waals surface area (Å²) < 4.78 is 10.7. The lowest BCUT2D eigenvalue weighted by Gasteiger charge is -2.40. The molecule has 11 heteroatoms. The van der Waals surface area contributed by atoms with Crippen LogP contribution in [0.15, 0.2) is 46.0 Å². The van der Waals surface area contributed by atoms with Crippen LogP contribution in [0, 0.1) is 0 Å². The van der Waals surface area contributed by atoms with Gasteiger partial charge in [-0.25, -0.2) is 4.99 Å². The van der Waals surface area contributed by atoms with Gasteiger partial charge in [0.25, 0.3) is 0 Å². The maximum absolute atomic E-state index is 13.6. The molecule has 37 heavy (non-hydrogen) atoms. The Morgan fingerprint density at radius 3 is 2.81 bits per heavy atom. The molecular formula is C26H32N8O3. The van der Waals surface area contributed by atoms with E-state index in [2.05, 4.69) is 32.0 Å². The van der Waals surface area contributed by atoms with E-state index in [1.165, 1.54) is 12.8 Å². The second-order valence-corrected chi connectivity index (χ2v) is 10.0. The van der Waals surface area contributed by atoms with Crippen LogP contribution in [0.1, 0.15) is 50.6 Å². The lowest BCUT2D eigenvalue weighted by Crippen LogP contribution is -2.60. The second-order valence-electron chi connectivity index (χ2n) is 10.0. The van der Waals surface area contributed by atoms with E-state index in [9.17, 15) is 4.79 Å². The minimum absolute atomic E-state index is 0.107. The number of hydrazine groups is 1. The average molecular weight is 505 g/mol. The molecule has 3 N–H and O–H groups in total. The lowest BCUT2D eigenvalue weighted by molar-refractivity contribution is -0.123. The van der Waals surface area contributed by atoms with E-state index in [0.717, 1.165) is 30.8 Å². The topological polar surface area (TPSA) is 119 Å². The minimum Gasteiger partial charge on any atom is -0.493 e. The number of amidine groups is 1. The van der Waals surface area contributed by atoms with Gasteiger partial charge in [-0.3, -0.25) is 20.3 Å². The van der Waals surface area contributed by atoms with Gasteiger partial charge in [0.1, 0.15) is 5.54 Å². The Bertz CT molecular complexity index is 1310. The first-order chi connectivity index (χ1) is 18.0. The zero-order valence-electron chi connectivity index (χ0n) is 21.4. The number of fused-ring (bicyclic) bond motifs is 1. The summed E-state index contributed by atoms with van der Waals surface area (Å²) in [7, 11) is 3.16. The maximum Gasteiger partial charge on any atom is 0.250 e. The number of hydrogen-bond donors (Lipinski definition) is 3. The fraction of sp³-hybridized carbons (Fsp3) is 0.462. The van der Waals surface area contributed by atoms with Crippen LogP contribution in [0.2, 0.25) is 0 Å². The predicted molar refractivity (Wildman–Crippen MR) is 140 cm³/mol. The summed E-state index contributed by atoms with van der Waals surface area (Å²) in [6.07, 6.45) is 7.00. The van der Waals surface area contributed by atoms with Gasteiger partial charge in [0.2, 0.25) is 11.9 Å². The number of anilines is 1. The fourth-order valence-corrected chi connectivity index (χ4v) is 5.21. The Labute approximate surface area is 215 Å². The number of aromatic nitrogens is 2. The molecule has 6 rings (SSSR count). The molecule has 2 fully saturated rings. The van der Waals surface area contributed by atoms with Crippen molar-refractivity contribution in [2.24, 2.45) is 9.98 Å². The summed E-state index contributed by atoms with van der Waals surface area (Å²) >= 11 is 0. The molecular weight excluding hydrogens is 472 g/mol. The number of hydrogen-bond acceptors (Lipinski definition) is 8. The van der Waals surface area contributed by atoms with Crippen LogP contribution >= 0.6 is 0 Å². The molecule has 2 aromatic rings. The monoisotopic (exact) mass is 504 g/mol. The second kappa shape index (κ2) is 9.13. The van der Waals surface area contributed by atoms with Crippen molar-refractivity contribution in [1.29, 1.82) is 0 Å². The van der Waals surface area contributed by atoms with Crippen molar-refractivity contribution >= 4 is 29.2 Å². The number of carbonyl (C=O) groups excluding carboxylic acids is 1. The molecule has 3 aliphatic heterocycles. The first kappa shape index (κ1) is 23.4. The van der Waals surface area contributed by atoms with Crippen LogP contribution < -0.4 is 20.2 Å². The Morgan fingerprint density at radius 1 is 1.19 bits per heavy atom. The maximum atomic E-state index is 13.6. The molecule has 4 heterocycles. The zero-order chi connectivity index (χ0) is 25.6. The highest BCUT2D eigenvalue weighted by Gasteiger charge is 2.46. The van der Waals surface area contributed by atoms with Crippen molar-refractivity contribution in [2.75, 3.05) is 32.6 Å². The van der Waals surface area contributed by atoms with E-state index < -0.39 is 5.54 Å². The van der Waals surface area contributed by atoms with Crippen molar-refractivity contribution < 1.29 is 14.3 Å². The lowest BCUT2D eigenvalue weighted by atomic mass is 9.97. The molecule has 0 radical (unpaired) electrons. The summed E-state index contributed by atoms with van der Waals surface area (Å²) in [5.41, 5.74) is 5.35. The number of nitrogens with zero attached hydrogens (tertiary/aromatic N) is 5. The van der Waals surface area contributed by atoms with Crippen molar-refractivity contribution in [3.8, 4) is 11.5 Å². The van der Waals surface area contributed by atoms with Gasteiger partial charge in [-0.15, -0.1) is 0 Å². The van der Waals surface area contributed by atoms with Gasteiger partial charge in [-0.2, -0.15) is 10.1 Å². The van der Waals surface area contributed by atoms with Crippen molar-refractivity contribution in [3.63, 3.8) is 0 Å². The van der Waals surface area contributed by atoms with Gasteiger partial charge < -0.3 is 19.7 Å². The van der Waals surface area contributed by atoms with Gasteiger partial charge >= 0.3 is 0 Å². The highest BCUT2D eigenvalue weighted by Crippen LogP contribution is 2.40. The summed E-state index contributed by atoms with van der Waals surface area (Å²) in [4.78, 5) is 25.4. The van der Waals surface area contributed by atoms with Gasteiger partial charge in [0.05, 0.1) is 19.9 Å². The number of benzene rings is 1. The van der Waals surface area contributed by atoms with Gasteiger partial charge in [-0.05, 0) is 51.2 Å². The third-order valence-corrected chi connectivity index (χ3v) is 7.51. The SMILES string of the molecule is COc1ccc(NC(=O)[C@]2(C)CCCN2C2=NC(=Nc3cc(C4CC4)[nH]n3)C3=CCCN3N2)cc1OC. The highest BCUT2D eigenvalue weighted by atomic mass is 16.5. The smallest absolute Gasteiger partial charge is 0.250 e. The molecule has 194 valence electrons. The Morgan fingerprint density at radius 2 is 2.03 bits per heavy atom. The molecule has 0 bridgehead atoms. The molecule has 1 saturated heterocycles. The number of H-pyrrole nitrogens is 1. The molecule has 0 unspecified atom stereocenters. The number of aliphatic imine (C=N–C) groups is 2. The van der Waals surface area contributed by atoms with Crippen molar-refractivity contribution in [3.05, 3.63) is 41.7 Å². The van der Waals surface area contributed by atoms with Gasteiger partial charge in [-0.1, -0.05) is 6.08 Å². The number of amides is 1. The molecule has 11 nitrogen and oxygen atoms in total. The molecule has 1 aromatic heterocycles. The largest absolute Gasteiger partial charge is 0.493 e. The van der Waals surface area contributed by atoms with Crippen molar-refractivity contribution in [2.45, 2.75) is 50.5 Å². The molecule has 1 amide bonds. The molecule has 0 spiro atoms. The van der Waals surface area contributed by atoms with Crippen molar-refractivity contribution in [1.82, 2.24) is 25.5 Å². The van der Waals surface area contributed by atoms with Crippen LogP contribution in [0.4, 0.5) is 11.5 Å². The number of likely N-dealkylation sites (tertiary alicyclic amines) is 1.